The molecule has 0 spiro atoms. The molecule has 1 fully saturated rings. The predicted molar refractivity (Wildman–Crippen MR) is 92.7 cm³/mol. The van der Waals surface area contributed by atoms with Crippen LogP contribution in [0.3, 0.4) is 0 Å². The van der Waals surface area contributed by atoms with E-state index in [1.54, 1.807) is 24.3 Å². The number of sulfonamides is 1. The van der Waals surface area contributed by atoms with Gasteiger partial charge in [-0.3, -0.25) is 4.79 Å². The van der Waals surface area contributed by atoms with Gasteiger partial charge in [0.2, 0.25) is 10.0 Å². The molecule has 1 saturated heterocycles. The number of aromatic amines is 1. The minimum absolute atomic E-state index is 0. The number of pyridine rings is 1. The maximum absolute atomic E-state index is 13.1. The van der Waals surface area contributed by atoms with Crippen LogP contribution in [-0.4, -0.2) is 43.4 Å². The molecule has 1 aliphatic rings. The van der Waals surface area contributed by atoms with Gasteiger partial charge in [0.1, 0.15) is 0 Å². The van der Waals surface area contributed by atoms with E-state index >= 15 is 0 Å². The Bertz CT molecular complexity index is 850. The molecule has 2 N–H and O–H groups in total. The van der Waals surface area contributed by atoms with Gasteiger partial charge in [0.05, 0.1) is 4.90 Å². The number of benzene rings is 1. The maximum atomic E-state index is 13.1. The van der Waals surface area contributed by atoms with Gasteiger partial charge in [0, 0.05) is 36.1 Å². The largest absolute Gasteiger partial charge is 0.329 e. The number of nitrogens with one attached hydrogen (secondary N) is 2. The summed E-state index contributed by atoms with van der Waals surface area (Å²) in [5.74, 6) is 0. The molecule has 0 aliphatic carbocycles. The summed E-state index contributed by atoms with van der Waals surface area (Å²) in [6.45, 7) is 3.82. The fourth-order valence-electron chi connectivity index (χ4n) is 2.89. The summed E-state index contributed by atoms with van der Waals surface area (Å²) in [7, 11) is -3.64. The highest BCUT2D eigenvalue weighted by atomic mass is 35.5. The van der Waals surface area contributed by atoms with Crippen LogP contribution in [0.15, 0.2) is 40.2 Å². The van der Waals surface area contributed by atoms with E-state index in [1.165, 1.54) is 10.5 Å². The highest BCUT2D eigenvalue weighted by Gasteiger charge is 2.31. The number of hydrogen-bond acceptors (Lipinski definition) is 4. The number of hydrogen-bond donors (Lipinski definition) is 2. The van der Waals surface area contributed by atoms with Crippen molar-refractivity contribution < 1.29 is 8.42 Å². The van der Waals surface area contributed by atoms with E-state index in [0.29, 0.717) is 23.9 Å². The smallest absolute Gasteiger partial charge is 0.255 e. The highest BCUT2D eigenvalue weighted by Crippen LogP contribution is 2.25. The standard InChI is InChI=1S/C15H19N3O3S.ClH/c1-11-10-16-7-3-9-18(11)22(20,21)14-5-2-4-13-12(14)6-8-17-15(13)19;/h2,4-6,8,11,16H,3,7,9-10H2,1H3,(H,17,19);1H. The monoisotopic (exact) mass is 357 g/mol. The van der Waals surface area contributed by atoms with Crippen LogP contribution in [0.4, 0.5) is 0 Å². The van der Waals surface area contributed by atoms with Gasteiger partial charge in [0.15, 0.2) is 0 Å². The van der Waals surface area contributed by atoms with Crippen LogP contribution in [0.25, 0.3) is 10.8 Å². The number of halogens is 1. The van der Waals surface area contributed by atoms with Crippen LogP contribution in [-0.2, 0) is 10.0 Å². The van der Waals surface area contributed by atoms with E-state index in [0.717, 1.165) is 13.0 Å². The third-order valence-corrected chi connectivity index (χ3v) is 6.10. The number of fused-ring (bicyclic) bond motifs is 1. The van der Waals surface area contributed by atoms with Crippen LogP contribution in [0.2, 0.25) is 0 Å². The van der Waals surface area contributed by atoms with Gasteiger partial charge >= 0.3 is 0 Å². The van der Waals surface area contributed by atoms with Gasteiger partial charge in [-0.15, -0.1) is 12.4 Å². The zero-order valence-corrected chi connectivity index (χ0v) is 14.4. The molecular formula is C15H20ClN3O3S. The molecule has 0 amide bonds. The SMILES string of the molecule is CC1CNCCCN1S(=O)(=O)c1cccc2c(=O)[nH]ccc12.Cl. The summed E-state index contributed by atoms with van der Waals surface area (Å²) in [5.41, 5.74) is -0.278. The van der Waals surface area contributed by atoms with Crippen molar-refractivity contribution in [2.45, 2.75) is 24.3 Å². The normalized spacial score (nSPS) is 20.0. The van der Waals surface area contributed by atoms with E-state index in [4.69, 9.17) is 0 Å². The lowest BCUT2D eigenvalue weighted by atomic mass is 10.2. The van der Waals surface area contributed by atoms with Crippen molar-refractivity contribution in [2.24, 2.45) is 0 Å². The Balaban J connectivity index is 0.00000192. The Kier molecular flexibility index (Phi) is 5.46. The minimum Gasteiger partial charge on any atom is -0.329 e. The fourth-order valence-corrected chi connectivity index (χ4v) is 4.77. The van der Waals surface area contributed by atoms with Crippen molar-refractivity contribution in [2.75, 3.05) is 19.6 Å². The van der Waals surface area contributed by atoms with Gasteiger partial charge in [-0.05, 0) is 38.1 Å². The van der Waals surface area contributed by atoms with Crippen molar-refractivity contribution in [3.8, 4) is 0 Å². The predicted octanol–water partition coefficient (Wildman–Crippen LogP) is 1.32. The second-order valence-electron chi connectivity index (χ2n) is 5.55. The van der Waals surface area contributed by atoms with Crippen molar-refractivity contribution in [3.05, 3.63) is 40.8 Å². The molecule has 1 unspecified atom stereocenters. The molecule has 1 aliphatic heterocycles. The molecule has 2 heterocycles. The molecule has 6 nitrogen and oxygen atoms in total. The molecule has 8 heteroatoms. The zero-order valence-electron chi connectivity index (χ0n) is 12.8. The van der Waals surface area contributed by atoms with E-state index in [9.17, 15) is 13.2 Å². The molecule has 126 valence electrons. The molecular weight excluding hydrogens is 338 g/mol. The quantitative estimate of drug-likeness (QED) is 0.849. The third kappa shape index (κ3) is 3.28. The molecule has 0 bridgehead atoms. The molecule has 2 aromatic rings. The van der Waals surface area contributed by atoms with Gasteiger partial charge in [-0.25, -0.2) is 8.42 Å². The minimum atomic E-state index is -3.64. The molecule has 1 aromatic heterocycles. The average molecular weight is 358 g/mol. The highest BCUT2D eigenvalue weighted by molar-refractivity contribution is 7.89. The lowest BCUT2D eigenvalue weighted by Gasteiger charge is -2.26. The van der Waals surface area contributed by atoms with Crippen molar-refractivity contribution >= 4 is 33.2 Å². The van der Waals surface area contributed by atoms with Crippen molar-refractivity contribution in [1.82, 2.24) is 14.6 Å². The summed E-state index contributed by atoms with van der Waals surface area (Å²) < 4.78 is 27.7. The number of H-pyrrole nitrogens is 1. The van der Waals surface area contributed by atoms with Gasteiger partial charge in [0.25, 0.3) is 5.56 Å². The Morgan fingerprint density at radius 1 is 1.22 bits per heavy atom. The Morgan fingerprint density at radius 3 is 2.78 bits per heavy atom. The first-order valence-electron chi connectivity index (χ1n) is 7.35. The maximum Gasteiger partial charge on any atom is 0.255 e. The van der Waals surface area contributed by atoms with Crippen LogP contribution >= 0.6 is 12.4 Å². The first kappa shape index (κ1) is 17.9. The summed E-state index contributed by atoms with van der Waals surface area (Å²) in [4.78, 5) is 14.7. The Labute approximate surface area is 141 Å². The average Bonchev–Trinajstić information content (AvgIpc) is 2.72. The zero-order chi connectivity index (χ0) is 15.7. The number of aromatic nitrogens is 1. The molecule has 1 atom stereocenters. The van der Waals surface area contributed by atoms with Crippen molar-refractivity contribution in [1.29, 1.82) is 0 Å². The lowest BCUT2D eigenvalue weighted by molar-refractivity contribution is 0.354. The van der Waals surface area contributed by atoms with E-state index in [2.05, 4.69) is 10.3 Å². The molecule has 3 rings (SSSR count). The summed E-state index contributed by atoms with van der Waals surface area (Å²) in [6.07, 6.45) is 2.26. The van der Waals surface area contributed by atoms with E-state index < -0.39 is 10.0 Å². The fraction of sp³-hybridized carbons (Fsp3) is 0.400. The van der Waals surface area contributed by atoms with Crippen LogP contribution in [0.1, 0.15) is 13.3 Å². The lowest BCUT2D eigenvalue weighted by Crippen LogP contribution is -2.41. The van der Waals surface area contributed by atoms with Crippen LogP contribution in [0, 0.1) is 0 Å². The first-order chi connectivity index (χ1) is 10.5. The van der Waals surface area contributed by atoms with Gasteiger partial charge in [-0.1, -0.05) is 6.07 Å². The Hall–Kier alpha value is -1.41. The third-order valence-electron chi connectivity index (χ3n) is 4.03. The van der Waals surface area contributed by atoms with E-state index in [-0.39, 0.29) is 28.9 Å². The van der Waals surface area contributed by atoms with Gasteiger partial charge in [-0.2, -0.15) is 4.31 Å². The number of rotatable bonds is 2. The summed E-state index contributed by atoms with van der Waals surface area (Å²) in [6, 6.07) is 6.35. The first-order valence-corrected chi connectivity index (χ1v) is 8.79. The van der Waals surface area contributed by atoms with Gasteiger partial charge < -0.3 is 10.3 Å². The van der Waals surface area contributed by atoms with E-state index in [1.807, 2.05) is 6.92 Å². The molecule has 0 saturated carbocycles. The second kappa shape index (κ2) is 7.00. The van der Waals surface area contributed by atoms with Crippen LogP contribution < -0.4 is 10.9 Å². The topological polar surface area (TPSA) is 82.3 Å². The molecule has 23 heavy (non-hydrogen) atoms. The summed E-state index contributed by atoms with van der Waals surface area (Å²) in [5, 5.41) is 4.10. The number of nitrogens with zero attached hydrogens (tertiary/aromatic N) is 1. The summed E-state index contributed by atoms with van der Waals surface area (Å²) >= 11 is 0. The molecule has 0 radical (unpaired) electrons. The second-order valence-corrected chi connectivity index (χ2v) is 7.41. The Morgan fingerprint density at radius 2 is 2.00 bits per heavy atom. The van der Waals surface area contributed by atoms with Crippen molar-refractivity contribution in [3.63, 3.8) is 0 Å². The van der Waals surface area contributed by atoms with Crippen LogP contribution in [0.5, 0.6) is 0 Å². The molecule has 1 aromatic carbocycles.